The van der Waals surface area contributed by atoms with Gasteiger partial charge in [-0.15, -0.1) is 0 Å². The van der Waals surface area contributed by atoms with Crippen LogP contribution in [0.4, 0.5) is 0 Å². The molecule has 1 aromatic rings. The average molecular weight is 260 g/mol. The number of ether oxygens (including phenoxy) is 2. The van der Waals surface area contributed by atoms with E-state index >= 15 is 0 Å². The van der Waals surface area contributed by atoms with E-state index in [0.29, 0.717) is 13.0 Å². The number of rotatable bonds is 2. The van der Waals surface area contributed by atoms with Gasteiger partial charge in [0.15, 0.2) is 5.78 Å². The summed E-state index contributed by atoms with van der Waals surface area (Å²) in [5, 5.41) is 0. The van der Waals surface area contributed by atoms with Gasteiger partial charge in [0.05, 0.1) is 24.7 Å². The minimum atomic E-state index is -0.330. The van der Waals surface area contributed by atoms with Crippen LogP contribution in [0.5, 0.6) is 5.75 Å². The number of carbonyl (C=O) groups is 1. The third kappa shape index (κ3) is 2.39. The normalized spacial score (nSPS) is 29.9. The Labute approximate surface area is 113 Å². The third-order valence-electron chi connectivity index (χ3n) is 4.12. The molecule has 19 heavy (non-hydrogen) atoms. The highest BCUT2D eigenvalue weighted by atomic mass is 16.5. The maximum absolute atomic E-state index is 12.3. The molecule has 0 radical (unpaired) electrons. The fraction of sp³-hybridized carbons (Fsp3) is 0.562. The lowest BCUT2D eigenvalue weighted by Crippen LogP contribution is -2.49. The fourth-order valence-corrected chi connectivity index (χ4v) is 3.19. The number of hydrogen-bond donors (Lipinski definition) is 0. The molecule has 3 nitrogen and oxygen atoms in total. The smallest absolute Gasteiger partial charge is 0.170 e. The van der Waals surface area contributed by atoms with Crippen molar-refractivity contribution >= 4 is 5.78 Å². The Morgan fingerprint density at radius 1 is 1.37 bits per heavy atom. The number of ketones is 1. The van der Waals surface area contributed by atoms with E-state index in [1.54, 1.807) is 0 Å². The largest absolute Gasteiger partial charge is 0.486 e. The van der Waals surface area contributed by atoms with Gasteiger partial charge in [-0.3, -0.25) is 4.79 Å². The number of benzene rings is 1. The van der Waals surface area contributed by atoms with E-state index in [4.69, 9.17) is 9.47 Å². The Hall–Kier alpha value is -1.35. The topological polar surface area (TPSA) is 35.5 Å². The SMILES string of the molecule is CCCC1CC2(CCO1)CC(=O)c1ccccc1O2. The van der Waals surface area contributed by atoms with Gasteiger partial charge in [0.1, 0.15) is 11.4 Å². The number of hydrogen-bond acceptors (Lipinski definition) is 3. The van der Waals surface area contributed by atoms with Gasteiger partial charge in [-0.2, -0.15) is 0 Å². The first-order valence-corrected chi connectivity index (χ1v) is 7.15. The molecule has 1 aromatic carbocycles. The third-order valence-corrected chi connectivity index (χ3v) is 4.12. The zero-order valence-electron chi connectivity index (χ0n) is 11.4. The fourth-order valence-electron chi connectivity index (χ4n) is 3.19. The summed E-state index contributed by atoms with van der Waals surface area (Å²) in [6, 6.07) is 7.57. The van der Waals surface area contributed by atoms with Crippen LogP contribution in [-0.4, -0.2) is 24.1 Å². The summed E-state index contributed by atoms with van der Waals surface area (Å²) in [7, 11) is 0. The molecule has 3 heteroatoms. The predicted octanol–water partition coefficient (Wildman–Crippen LogP) is 3.37. The first kappa shape index (κ1) is 12.7. The first-order valence-electron chi connectivity index (χ1n) is 7.15. The lowest BCUT2D eigenvalue weighted by atomic mass is 9.81. The molecule has 0 amide bonds. The minimum absolute atomic E-state index is 0.207. The maximum atomic E-state index is 12.3. The van der Waals surface area contributed by atoms with Crippen molar-refractivity contribution in [1.29, 1.82) is 0 Å². The molecular weight excluding hydrogens is 240 g/mol. The number of Topliss-reactive ketones (excluding diaryl/α,β-unsaturated/α-hetero) is 1. The van der Waals surface area contributed by atoms with Crippen molar-refractivity contribution in [3.8, 4) is 5.75 Å². The second kappa shape index (κ2) is 4.97. The van der Waals surface area contributed by atoms with Crippen molar-refractivity contribution in [2.75, 3.05) is 6.61 Å². The van der Waals surface area contributed by atoms with E-state index in [1.165, 1.54) is 0 Å². The van der Waals surface area contributed by atoms with Crippen LogP contribution in [0.25, 0.3) is 0 Å². The van der Waals surface area contributed by atoms with Gasteiger partial charge < -0.3 is 9.47 Å². The van der Waals surface area contributed by atoms with E-state index < -0.39 is 0 Å². The Morgan fingerprint density at radius 3 is 3.05 bits per heavy atom. The second-order valence-electron chi connectivity index (χ2n) is 5.62. The lowest BCUT2D eigenvalue weighted by Gasteiger charge is -2.43. The second-order valence-corrected chi connectivity index (χ2v) is 5.62. The zero-order valence-corrected chi connectivity index (χ0v) is 11.4. The van der Waals surface area contributed by atoms with E-state index in [9.17, 15) is 4.79 Å². The summed E-state index contributed by atoms with van der Waals surface area (Å²) >= 11 is 0. The molecule has 0 aliphatic carbocycles. The van der Waals surface area contributed by atoms with Crippen LogP contribution in [0.15, 0.2) is 24.3 Å². The van der Waals surface area contributed by atoms with Crippen LogP contribution in [0.3, 0.4) is 0 Å². The molecule has 3 rings (SSSR count). The van der Waals surface area contributed by atoms with Crippen LogP contribution >= 0.6 is 0 Å². The molecule has 1 fully saturated rings. The molecule has 2 aliphatic heterocycles. The van der Waals surface area contributed by atoms with Gasteiger partial charge in [0, 0.05) is 12.8 Å². The average Bonchev–Trinajstić information content (AvgIpc) is 2.39. The van der Waals surface area contributed by atoms with E-state index in [1.807, 2.05) is 24.3 Å². The standard InChI is InChI=1S/C16H20O3/c1-2-5-12-10-16(8-9-18-12)11-14(17)13-6-3-4-7-15(13)19-16/h3-4,6-7,12H,2,5,8-11H2,1H3. The molecule has 0 N–H and O–H groups in total. The van der Waals surface area contributed by atoms with Crippen LogP contribution in [0, 0.1) is 0 Å². The van der Waals surface area contributed by atoms with E-state index in [2.05, 4.69) is 6.92 Å². The molecule has 2 heterocycles. The van der Waals surface area contributed by atoms with Crippen LogP contribution < -0.4 is 4.74 Å². The molecule has 102 valence electrons. The van der Waals surface area contributed by atoms with Crippen LogP contribution in [0.1, 0.15) is 49.4 Å². The molecule has 0 saturated carbocycles. The summed E-state index contributed by atoms with van der Waals surface area (Å²) in [6.07, 6.45) is 4.52. The van der Waals surface area contributed by atoms with Crippen molar-refractivity contribution in [1.82, 2.24) is 0 Å². The lowest BCUT2D eigenvalue weighted by molar-refractivity contribution is -0.0937. The highest BCUT2D eigenvalue weighted by Crippen LogP contribution is 2.40. The molecule has 0 bridgehead atoms. The zero-order chi connectivity index (χ0) is 13.3. The van der Waals surface area contributed by atoms with Crippen molar-refractivity contribution in [3.63, 3.8) is 0 Å². The first-order chi connectivity index (χ1) is 9.22. The quantitative estimate of drug-likeness (QED) is 0.818. The summed E-state index contributed by atoms with van der Waals surface area (Å²) < 4.78 is 12.0. The van der Waals surface area contributed by atoms with Gasteiger partial charge >= 0.3 is 0 Å². The van der Waals surface area contributed by atoms with Gasteiger partial charge in [-0.05, 0) is 18.6 Å². The highest BCUT2D eigenvalue weighted by molar-refractivity contribution is 6.00. The maximum Gasteiger partial charge on any atom is 0.170 e. The molecule has 2 unspecified atom stereocenters. The summed E-state index contributed by atoms with van der Waals surface area (Å²) in [6.45, 7) is 2.85. The van der Waals surface area contributed by atoms with Gasteiger partial charge in [-0.25, -0.2) is 0 Å². The van der Waals surface area contributed by atoms with E-state index in [-0.39, 0.29) is 17.5 Å². The molecule has 1 saturated heterocycles. The Balaban J connectivity index is 1.85. The van der Waals surface area contributed by atoms with Crippen LogP contribution in [0.2, 0.25) is 0 Å². The monoisotopic (exact) mass is 260 g/mol. The van der Waals surface area contributed by atoms with Crippen molar-refractivity contribution in [2.45, 2.75) is 50.7 Å². The number of para-hydroxylation sites is 1. The summed E-state index contributed by atoms with van der Waals surface area (Å²) in [5.41, 5.74) is 0.399. The van der Waals surface area contributed by atoms with Gasteiger partial charge in [0.2, 0.25) is 0 Å². The Kier molecular flexibility index (Phi) is 3.31. The van der Waals surface area contributed by atoms with Crippen molar-refractivity contribution in [2.24, 2.45) is 0 Å². The minimum Gasteiger partial charge on any atom is -0.486 e. The summed E-state index contributed by atoms with van der Waals surface area (Å²) in [5.74, 6) is 0.954. The van der Waals surface area contributed by atoms with E-state index in [0.717, 1.165) is 37.0 Å². The molecule has 2 atom stereocenters. The molecule has 0 aromatic heterocycles. The molecule has 1 spiro atoms. The van der Waals surface area contributed by atoms with Crippen LogP contribution in [-0.2, 0) is 4.74 Å². The molecule has 2 aliphatic rings. The molecular formula is C16H20O3. The number of carbonyl (C=O) groups excluding carboxylic acids is 1. The number of fused-ring (bicyclic) bond motifs is 1. The Morgan fingerprint density at radius 2 is 2.21 bits per heavy atom. The van der Waals surface area contributed by atoms with Gasteiger partial charge in [0.25, 0.3) is 0 Å². The highest BCUT2D eigenvalue weighted by Gasteiger charge is 2.44. The Bertz CT molecular complexity index is 481. The van der Waals surface area contributed by atoms with Crippen molar-refractivity contribution < 1.29 is 14.3 Å². The van der Waals surface area contributed by atoms with Gasteiger partial charge in [-0.1, -0.05) is 25.5 Å². The van der Waals surface area contributed by atoms with Crippen molar-refractivity contribution in [3.05, 3.63) is 29.8 Å². The predicted molar refractivity (Wildman–Crippen MR) is 72.6 cm³/mol. The summed E-state index contributed by atoms with van der Waals surface area (Å²) in [4.78, 5) is 12.3.